The van der Waals surface area contributed by atoms with Crippen molar-refractivity contribution in [3.05, 3.63) is 35.9 Å². The third-order valence-corrected chi connectivity index (χ3v) is 4.79. The number of rotatable bonds is 12. The van der Waals surface area contributed by atoms with Crippen LogP contribution < -0.4 is 15.5 Å². The zero-order valence-corrected chi connectivity index (χ0v) is 16.0. The van der Waals surface area contributed by atoms with Crippen molar-refractivity contribution < 1.29 is 15.0 Å². The summed E-state index contributed by atoms with van der Waals surface area (Å²) in [6.45, 7) is 13.2. The van der Waals surface area contributed by atoms with E-state index in [1.807, 2.05) is 6.07 Å². The Balaban J connectivity index is 2.14. The zero-order valence-electron chi connectivity index (χ0n) is 16.0. The van der Waals surface area contributed by atoms with E-state index < -0.39 is 0 Å². The smallest absolute Gasteiger partial charge is 0.225 e. The van der Waals surface area contributed by atoms with Crippen LogP contribution in [0.2, 0.25) is 0 Å². The van der Waals surface area contributed by atoms with Gasteiger partial charge < -0.3 is 15.5 Å². The molecule has 0 bridgehead atoms. The van der Waals surface area contributed by atoms with Crippen molar-refractivity contribution in [1.82, 2.24) is 5.32 Å². The first-order chi connectivity index (χ1) is 11.6. The van der Waals surface area contributed by atoms with Crippen LogP contribution in [0.4, 0.5) is 0 Å². The van der Waals surface area contributed by atoms with E-state index in [4.69, 9.17) is 0 Å². The summed E-state index contributed by atoms with van der Waals surface area (Å²) in [6.07, 6.45) is 2.83. The Morgan fingerprint density at radius 2 is 1.83 bits per heavy atom. The van der Waals surface area contributed by atoms with Gasteiger partial charge in [0.1, 0.15) is 6.04 Å². The van der Waals surface area contributed by atoms with E-state index in [9.17, 15) is 4.79 Å². The summed E-state index contributed by atoms with van der Waals surface area (Å²) in [5.41, 5.74) is 1.31. The molecule has 4 N–H and O–H groups in total. The highest BCUT2D eigenvalue weighted by atomic mass is 16.1. The van der Waals surface area contributed by atoms with Gasteiger partial charge in [-0.2, -0.15) is 0 Å². The Labute approximate surface area is 148 Å². The number of hydrogen-bond acceptors (Lipinski definition) is 1. The van der Waals surface area contributed by atoms with Crippen molar-refractivity contribution in [2.75, 3.05) is 26.2 Å². The van der Waals surface area contributed by atoms with Gasteiger partial charge in [-0.3, -0.25) is 4.79 Å². The minimum atomic E-state index is 0.175. The average molecular weight is 336 g/mol. The molecule has 0 saturated carbocycles. The molecule has 24 heavy (non-hydrogen) atoms. The van der Waals surface area contributed by atoms with Crippen molar-refractivity contribution in [3.8, 4) is 0 Å². The molecule has 0 fully saturated rings. The molecule has 0 unspecified atom stereocenters. The molecule has 1 aromatic rings. The lowest BCUT2D eigenvalue weighted by atomic mass is 10.1. The second kappa shape index (κ2) is 12.0. The van der Waals surface area contributed by atoms with Gasteiger partial charge >= 0.3 is 0 Å². The molecule has 0 heterocycles. The molecule has 0 aliphatic rings. The number of quaternary nitrogens is 2. The number of hydrogen-bond donors (Lipinski definition) is 3. The van der Waals surface area contributed by atoms with Crippen LogP contribution in [0, 0.1) is 0 Å². The van der Waals surface area contributed by atoms with Gasteiger partial charge in [-0.15, -0.1) is 0 Å². The molecule has 4 nitrogen and oxygen atoms in total. The lowest BCUT2D eigenvalue weighted by molar-refractivity contribution is -0.896. The number of nitrogens with two attached hydrogens (primary N) is 1. The van der Waals surface area contributed by atoms with Gasteiger partial charge in [0.2, 0.25) is 5.91 Å². The van der Waals surface area contributed by atoms with Gasteiger partial charge in [0.05, 0.1) is 32.6 Å². The van der Waals surface area contributed by atoms with E-state index in [0.29, 0.717) is 12.5 Å². The van der Waals surface area contributed by atoms with Crippen molar-refractivity contribution in [1.29, 1.82) is 0 Å². The molecule has 0 aliphatic carbocycles. The van der Waals surface area contributed by atoms with Crippen LogP contribution in [0.1, 0.15) is 58.6 Å². The highest BCUT2D eigenvalue weighted by Gasteiger charge is 2.12. The Morgan fingerprint density at radius 3 is 2.46 bits per heavy atom. The zero-order chi connectivity index (χ0) is 17.8. The van der Waals surface area contributed by atoms with Crippen molar-refractivity contribution in [2.24, 2.45) is 0 Å². The van der Waals surface area contributed by atoms with E-state index in [-0.39, 0.29) is 11.9 Å². The third-order valence-electron chi connectivity index (χ3n) is 4.79. The quantitative estimate of drug-likeness (QED) is 0.522. The predicted molar refractivity (Wildman–Crippen MR) is 100 cm³/mol. The van der Waals surface area contributed by atoms with Crippen molar-refractivity contribution in [2.45, 2.75) is 59.0 Å². The summed E-state index contributed by atoms with van der Waals surface area (Å²) in [6, 6.07) is 11.1. The maximum absolute atomic E-state index is 12.0. The van der Waals surface area contributed by atoms with Gasteiger partial charge in [0.25, 0.3) is 0 Å². The topological polar surface area (TPSA) is 50.1 Å². The van der Waals surface area contributed by atoms with Gasteiger partial charge in [0.15, 0.2) is 0 Å². The minimum Gasteiger partial charge on any atom is -0.353 e. The number of nitrogens with one attached hydrogen (secondary N) is 2. The number of benzene rings is 1. The molecule has 0 aromatic heterocycles. The first-order valence-electron chi connectivity index (χ1n) is 9.58. The van der Waals surface area contributed by atoms with Gasteiger partial charge in [-0.25, -0.2) is 0 Å². The highest BCUT2D eigenvalue weighted by Crippen LogP contribution is 2.06. The number of amides is 1. The second-order valence-corrected chi connectivity index (χ2v) is 6.79. The summed E-state index contributed by atoms with van der Waals surface area (Å²) in [4.78, 5) is 13.7. The summed E-state index contributed by atoms with van der Waals surface area (Å²) < 4.78 is 0. The van der Waals surface area contributed by atoms with E-state index >= 15 is 0 Å². The fraction of sp³-hybridized carbons (Fsp3) is 0.650. The summed E-state index contributed by atoms with van der Waals surface area (Å²) in [5, 5.41) is 5.37. The molecular weight excluding hydrogens is 298 g/mol. The van der Waals surface area contributed by atoms with Crippen molar-refractivity contribution >= 4 is 5.91 Å². The lowest BCUT2D eigenvalue weighted by Crippen LogP contribution is -3.11. The predicted octanol–water partition coefficient (Wildman–Crippen LogP) is 0.911. The van der Waals surface area contributed by atoms with Crippen molar-refractivity contribution in [3.63, 3.8) is 0 Å². The molecule has 1 amide bonds. The van der Waals surface area contributed by atoms with Crippen LogP contribution in [0.15, 0.2) is 30.3 Å². The maximum atomic E-state index is 12.0. The summed E-state index contributed by atoms with van der Waals surface area (Å²) in [7, 11) is 0. The standard InChI is InChI=1S/C20H35N3O/c1-5-23(6-2)16-10-11-17(3)22-20(24)14-15-21-18(4)19-12-8-7-9-13-19/h7-9,12-13,17-18,21H,5-6,10-11,14-16H2,1-4H3,(H,22,24)/p+2/t17-,18-/m0/s1. The molecular formula is C20H37N3O+2. The van der Waals surface area contributed by atoms with Crippen LogP contribution in [0.3, 0.4) is 0 Å². The Morgan fingerprint density at radius 1 is 1.17 bits per heavy atom. The van der Waals surface area contributed by atoms with E-state index in [2.05, 4.69) is 62.6 Å². The number of carbonyl (C=O) groups excluding carboxylic acids is 1. The molecule has 0 aliphatic heterocycles. The van der Waals surface area contributed by atoms with Crippen LogP contribution >= 0.6 is 0 Å². The van der Waals surface area contributed by atoms with Crippen LogP contribution in [0.25, 0.3) is 0 Å². The maximum Gasteiger partial charge on any atom is 0.225 e. The normalized spacial score (nSPS) is 13.7. The second-order valence-electron chi connectivity index (χ2n) is 6.79. The molecule has 4 heteroatoms. The molecule has 136 valence electrons. The SMILES string of the molecule is CC[NH+](CC)CCC[C@H](C)NC(=O)CC[NH2+][C@@H](C)c1ccccc1. The third kappa shape index (κ3) is 8.46. The largest absolute Gasteiger partial charge is 0.353 e. The summed E-state index contributed by atoms with van der Waals surface area (Å²) >= 11 is 0. The van der Waals surface area contributed by atoms with Gasteiger partial charge in [-0.1, -0.05) is 30.3 Å². The van der Waals surface area contributed by atoms with E-state index in [1.54, 1.807) is 4.90 Å². The Hall–Kier alpha value is -1.39. The van der Waals surface area contributed by atoms with Gasteiger partial charge in [0, 0.05) is 11.6 Å². The monoisotopic (exact) mass is 335 g/mol. The van der Waals surface area contributed by atoms with Crippen LogP contribution in [-0.2, 0) is 4.79 Å². The molecule has 0 radical (unpaired) electrons. The average Bonchev–Trinajstić information content (AvgIpc) is 2.59. The van der Waals surface area contributed by atoms with Crippen LogP contribution in [-0.4, -0.2) is 38.1 Å². The molecule has 0 spiro atoms. The first kappa shape index (κ1) is 20.7. The fourth-order valence-electron chi connectivity index (χ4n) is 3.04. The van der Waals surface area contributed by atoms with E-state index in [1.165, 1.54) is 31.6 Å². The first-order valence-corrected chi connectivity index (χ1v) is 9.58. The van der Waals surface area contributed by atoms with Gasteiger partial charge in [-0.05, 0) is 40.5 Å². The fourth-order valence-corrected chi connectivity index (χ4v) is 3.04. The molecule has 1 rings (SSSR count). The Bertz CT molecular complexity index is 445. The molecule has 0 saturated heterocycles. The Kier molecular flexibility index (Phi) is 10.4. The lowest BCUT2D eigenvalue weighted by Gasteiger charge is -2.18. The number of carbonyl (C=O) groups is 1. The summed E-state index contributed by atoms with van der Waals surface area (Å²) in [5.74, 6) is 0.175. The highest BCUT2D eigenvalue weighted by molar-refractivity contribution is 5.76. The molecule has 2 atom stereocenters. The molecule has 1 aromatic carbocycles. The van der Waals surface area contributed by atoms with Crippen LogP contribution in [0.5, 0.6) is 0 Å². The minimum absolute atomic E-state index is 0.175. The van der Waals surface area contributed by atoms with E-state index in [0.717, 1.165) is 13.0 Å².